The molecule has 2 N–H and O–H groups in total. The van der Waals surface area contributed by atoms with Crippen LogP contribution in [0.15, 0.2) is 6.07 Å². The van der Waals surface area contributed by atoms with Gasteiger partial charge in [-0.25, -0.2) is 0 Å². The normalized spacial score (nSPS) is 25.8. The standard InChI is InChI=1S/C23H38N6S/c1-17-13-18(2)16-29(15-17)21-14-20(28-11-7-4-8-12-28)25-22(26-21)27-23(30)24-19-9-5-3-6-10-19/h14,17-19H,3-13,15-16H2,1-2H3,(H2,24,25,26,27,30). The Bertz CT molecular complexity index is 704. The number of nitrogens with one attached hydrogen (secondary N) is 2. The maximum Gasteiger partial charge on any atom is 0.232 e. The van der Waals surface area contributed by atoms with Crippen LogP contribution in [0.1, 0.15) is 71.6 Å². The van der Waals surface area contributed by atoms with Crippen molar-refractivity contribution in [2.24, 2.45) is 11.8 Å². The highest BCUT2D eigenvalue weighted by atomic mass is 32.1. The molecule has 3 aliphatic rings. The van der Waals surface area contributed by atoms with Gasteiger partial charge in [0, 0.05) is 38.3 Å². The summed E-state index contributed by atoms with van der Waals surface area (Å²) < 4.78 is 0. The zero-order chi connectivity index (χ0) is 20.9. The van der Waals surface area contributed by atoms with Crippen LogP contribution in [0.4, 0.5) is 17.6 Å². The number of rotatable bonds is 4. The molecule has 7 heteroatoms. The Morgan fingerprint density at radius 1 is 0.900 bits per heavy atom. The summed E-state index contributed by atoms with van der Waals surface area (Å²) in [5, 5.41) is 7.46. The Kier molecular flexibility index (Phi) is 7.28. The second-order valence-corrected chi connectivity index (χ2v) is 10.1. The first kappa shape index (κ1) is 21.6. The largest absolute Gasteiger partial charge is 0.360 e. The van der Waals surface area contributed by atoms with Gasteiger partial charge in [0.1, 0.15) is 11.6 Å². The summed E-state index contributed by atoms with van der Waals surface area (Å²) in [4.78, 5) is 14.6. The third-order valence-corrected chi connectivity index (χ3v) is 6.96. The molecule has 2 unspecified atom stereocenters. The maximum absolute atomic E-state index is 5.62. The van der Waals surface area contributed by atoms with Crippen LogP contribution in [0.3, 0.4) is 0 Å². The summed E-state index contributed by atoms with van der Waals surface area (Å²) in [6, 6.07) is 2.67. The number of anilines is 3. The molecule has 2 saturated heterocycles. The summed E-state index contributed by atoms with van der Waals surface area (Å²) in [7, 11) is 0. The molecule has 1 aromatic heterocycles. The van der Waals surface area contributed by atoms with E-state index >= 15 is 0 Å². The summed E-state index contributed by atoms with van der Waals surface area (Å²) in [6.45, 7) is 8.96. The van der Waals surface area contributed by atoms with E-state index in [1.807, 2.05) is 0 Å². The molecule has 2 aliphatic heterocycles. The molecule has 6 nitrogen and oxygen atoms in total. The molecule has 1 saturated carbocycles. The second kappa shape index (κ2) is 10.1. The van der Waals surface area contributed by atoms with Gasteiger partial charge in [-0.1, -0.05) is 33.1 Å². The topological polar surface area (TPSA) is 56.3 Å². The SMILES string of the molecule is CC1CC(C)CN(c2cc(N3CCCCC3)nc(NC(=S)NC3CCCCC3)n2)C1. The van der Waals surface area contributed by atoms with Crippen molar-refractivity contribution in [1.29, 1.82) is 0 Å². The van der Waals surface area contributed by atoms with Crippen LogP contribution in [0.2, 0.25) is 0 Å². The van der Waals surface area contributed by atoms with Crippen LogP contribution in [-0.2, 0) is 0 Å². The summed E-state index contributed by atoms with van der Waals surface area (Å²) in [5.41, 5.74) is 0. The van der Waals surface area contributed by atoms with Crippen LogP contribution in [-0.4, -0.2) is 47.3 Å². The van der Waals surface area contributed by atoms with Gasteiger partial charge < -0.3 is 20.4 Å². The van der Waals surface area contributed by atoms with Crippen molar-refractivity contribution in [1.82, 2.24) is 15.3 Å². The fraction of sp³-hybridized carbons (Fsp3) is 0.783. The smallest absolute Gasteiger partial charge is 0.232 e. The fourth-order valence-corrected chi connectivity index (χ4v) is 5.60. The van der Waals surface area contributed by atoms with E-state index in [0.717, 1.165) is 37.8 Å². The molecule has 3 heterocycles. The number of piperidine rings is 2. The molecule has 3 fully saturated rings. The Balaban J connectivity index is 1.52. The number of hydrogen-bond donors (Lipinski definition) is 2. The van der Waals surface area contributed by atoms with Crippen molar-refractivity contribution < 1.29 is 0 Å². The number of hydrogen-bond acceptors (Lipinski definition) is 5. The van der Waals surface area contributed by atoms with E-state index in [1.54, 1.807) is 0 Å². The van der Waals surface area contributed by atoms with Crippen molar-refractivity contribution in [3.63, 3.8) is 0 Å². The maximum atomic E-state index is 5.62. The van der Waals surface area contributed by atoms with Crippen LogP contribution >= 0.6 is 12.2 Å². The molecule has 1 aromatic rings. The van der Waals surface area contributed by atoms with Crippen molar-refractivity contribution in [2.45, 2.75) is 77.7 Å². The lowest BCUT2D eigenvalue weighted by atomic mass is 9.92. The first-order valence-electron chi connectivity index (χ1n) is 12.0. The number of nitrogens with zero attached hydrogens (tertiary/aromatic N) is 4. The highest BCUT2D eigenvalue weighted by molar-refractivity contribution is 7.80. The minimum Gasteiger partial charge on any atom is -0.360 e. The average Bonchev–Trinajstić information content (AvgIpc) is 2.74. The van der Waals surface area contributed by atoms with E-state index in [4.69, 9.17) is 22.2 Å². The monoisotopic (exact) mass is 430 g/mol. The average molecular weight is 431 g/mol. The van der Waals surface area contributed by atoms with Gasteiger partial charge in [-0.05, 0) is 62.6 Å². The van der Waals surface area contributed by atoms with Gasteiger partial charge in [-0.2, -0.15) is 9.97 Å². The summed E-state index contributed by atoms with van der Waals surface area (Å²) in [6.07, 6.45) is 11.4. The van der Waals surface area contributed by atoms with Crippen LogP contribution in [0.5, 0.6) is 0 Å². The van der Waals surface area contributed by atoms with Crippen molar-refractivity contribution in [3.05, 3.63) is 6.07 Å². The Hall–Kier alpha value is -1.63. The van der Waals surface area contributed by atoms with E-state index in [-0.39, 0.29) is 0 Å². The Morgan fingerprint density at radius 3 is 2.17 bits per heavy atom. The second-order valence-electron chi connectivity index (χ2n) is 9.74. The van der Waals surface area contributed by atoms with Crippen molar-refractivity contribution in [3.8, 4) is 0 Å². The van der Waals surface area contributed by atoms with E-state index in [2.05, 4.69) is 40.3 Å². The zero-order valence-electron chi connectivity index (χ0n) is 18.7. The highest BCUT2D eigenvalue weighted by Gasteiger charge is 2.25. The van der Waals surface area contributed by atoms with Crippen LogP contribution < -0.4 is 20.4 Å². The Labute approximate surface area is 187 Å². The number of aromatic nitrogens is 2. The van der Waals surface area contributed by atoms with Gasteiger partial charge in [0.2, 0.25) is 5.95 Å². The third-order valence-electron chi connectivity index (χ3n) is 6.74. The minimum atomic E-state index is 0.479. The first-order chi connectivity index (χ1) is 14.6. The van der Waals surface area contributed by atoms with E-state index in [1.165, 1.54) is 57.8 Å². The molecule has 0 bridgehead atoms. The minimum absolute atomic E-state index is 0.479. The molecule has 0 spiro atoms. The zero-order valence-corrected chi connectivity index (χ0v) is 19.5. The lowest BCUT2D eigenvalue weighted by molar-refractivity contribution is 0.355. The van der Waals surface area contributed by atoms with Crippen molar-refractivity contribution >= 4 is 34.9 Å². The van der Waals surface area contributed by atoms with Gasteiger partial charge in [-0.3, -0.25) is 0 Å². The Morgan fingerprint density at radius 2 is 1.50 bits per heavy atom. The van der Waals surface area contributed by atoms with Gasteiger partial charge in [-0.15, -0.1) is 0 Å². The molecular weight excluding hydrogens is 392 g/mol. The predicted octanol–water partition coefficient (Wildman–Crippen LogP) is 4.57. The highest BCUT2D eigenvalue weighted by Crippen LogP contribution is 2.29. The lowest BCUT2D eigenvalue weighted by Gasteiger charge is -2.36. The molecule has 166 valence electrons. The van der Waals surface area contributed by atoms with Crippen LogP contribution in [0, 0.1) is 11.8 Å². The first-order valence-corrected chi connectivity index (χ1v) is 12.4. The van der Waals surface area contributed by atoms with Gasteiger partial charge in [0.15, 0.2) is 5.11 Å². The lowest BCUT2D eigenvalue weighted by Crippen LogP contribution is -2.41. The van der Waals surface area contributed by atoms with E-state index in [9.17, 15) is 0 Å². The van der Waals surface area contributed by atoms with Gasteiger partial charge >= 0.3 is 0 Å². The summed E-state index contributed by atoms with van der Waals surface area (Å²) in [5.74, 6) is 4.08. The van der Waals surface area contributed by atoms with Crippen molar-refractivity contribution in [2.75, 3.05) is 41.3 Å². The fourth-order valence-electron chi connectivity index (χ4n) is 5.34. The third kappa shape index (κ3) is 5.74. The van der Waals surface area contributed by atoms with Crippen LogP contribution in [0.25, 0.3) is 0 Å². The molecule has 30 heavy (non-hydrogen) atoms. The molecule has 4 rings (SSSR count). The predicted molar refractivity (Wildman–Crippen MR) is 129 cm³/mol. The molecule has 0 aromatic carbocycles. The molecule has 1 aliphatic carbocycles. The van der Waals surface area contributed by atoms with Gasteiger partial charge in [0.25, 0.3) is 0 Å². The number of thiocarbonyl (C=S) groups is 1. The molecule has 0 radical (unpaired) electrons. The van der Waals surface area contributed by atoms with E-state index in [0.29, 0.717) is 28.9 Å². The molecule has 2 atom stereocenters. The molecular formula is C23H38N6S. The van der Waals surface area contributed by atoms with Gasteiger partial charge in [0.05, 0.1) is 0 Å². The molecule has 0 amide bonds. The quantitative estimate of drug-likeness (QED) is 0.679. The summed E-state index contributed by atoms with van der Waals surface area (Å²) >= 11 is 5.62. The van der Waals surface area contributed by atoms with E-state index < -0.39 is 0 Å².